The highest BCUT2D eigenvalue weighted by Crippen LogP contribution is 2.39. The largest absolute Gasteiger partial charge is 0.327 e. The lowest BCUT2D eigenvalue weighted by Crippen LogP contribution is -2.64. The molecular formula is C12H16F2N2O2S. The molecule has 1 aliphatic rings. The molecule has 3 N–H and O–H groups in total. The predicted octanol–water partition coefficient (Wildman–Crippen LogP) is 1.37. The normalized spacial score (nSPS) is 25.9. The maximum Gasteiger partial charge on any atom is 0.240 e. The zero-order valence-electron chi connectivity index (χ0n) is 10.7. The summed E-state index contributed by atoms with van der Waals surface area (Å²) in [5.74, 6) is -2.27. The van der Waals surface area contributed by atoms with Crippen molar-refractivity contribution < 1.29 is 17.2 Å². The van der Waals surface area contributed by atoms with Crippen molar-refractivity contribution in [3.05, 3.63) is 29.8 Å². The first-order valence-electron chi connectivity index (χ1n) is 5.87. The van der Waals surface area contributed by atoms with E-state index < -0.39 is 21.7 Å². The van der Waals surface area contributed by atoms with E-state index in [0.717, 1.165) is 12.1 Å². The van der Waals surface area contributed by atoms with Crippen LogP contribution >= 0.6 is 0 Å². The molecule has 106 valence electrons. The van der Waals surface area contributed by atoms with Crippen LogP contribution in [0.2, 0.25) is 0 Å². The second-order valence-corrected chi connectivity index (χ2v) is 7.13. The van der Waals surface area contributed by atoms with Crippen molar-refractivity contribution in [1.29, 1.82) is 0 Å². The molecule has 0 amide bonds. The van der Waals surface area contributed by atoms with Crippen LogP contribution in [-0.4, -0.2) is 20.5 Å². The summed E-state index contributed by atoms with van der Waals surface area (Å²) in [6.07, 6.45) is 0.524. The quantitative estimate of drug-likeness (QED) is 0.883. The number of nitrogens with one attached hydrogen (secondary N) is 1. The van der Waals surface area contributed by atoms with E-state index in [2.05, 4.69) is 4.72 Å². The topological polar surface area (TPSA) is 72.2 Å². The summed E-state index contributed by atoms with van der Waals surface area (Å²) >= 11 is 0. The molecule has 7 heteroatoms. The van der Waals surface area contributed by atoms with Gasteiger partial charge in [0.2, 0.25) is 10.0 Å². The highest BCUT2D eigenvalue weighted by Gasteiger charge is 2.47. The Hall–Kier alpha value is -1.05. The predicted molar refractivity (Wildman–Crippen MR) is 66.8 cm³/mol. The van der Waals surface area contributed by atoms with Crippen LogP contribution in [0.5, 0.6) is 0 Å². The van der Waals surface area contributed by atoms with E-state index in [-0.39, 0.29) is 22.4 Å². The Morgan fingerprint density at radius 1 is 1.32 bits per heavy atom. The molecule has 2 atom stereocenters. The standard InChI is InChI=1S/C12H16F2N2O2S/c1-12(2)10(15)6-11(12)16-19(17,18)7-3-4-8(13)9(14)5-7/h3-5,10-11,16H,6,15H2,1-2H3. The second-order valence-electron chi connectivity index (χ2n) is 5.41. The van der Waals surface area contributed by atoms with Gasteiger partial charge >= 0.3 is 0 Å². The fraction of sp³-hybridized carbons (Fsp3) is 0.500. The van der Waals surface area contributed by atoms with Crippen LogP contribution in [0.15, 0.2) is 23.1 Å². The molecule has 0 aromatic heterocycles. The van der Waals surface area contributed by atoms with Gasteiger partial charge in [-0.1, -0.05) is 13.8 Å². The zero-order chi connectivity index (χ0) is 14.4. The fourth-order valence-electron chi connectivity index (χ4n) is 2.06. The molecule has 19 heavy (non-hydrogen) atoms. The van der Waals surface area contributed by atoms with E-state index in [1.54, 1.807) is 0 Å². The molecule has 1 saturated carbocycles. The first kappa shape index (κ1) is 14.4. The molecule has 4 nitrogen and oxygen atoms in total. The van der Waals surface area contributed by atoms with E-state index in [0.29, 0.717) is 12.5 Å². The molecule has 2 rings (SSSR count). The Kier molecular flexibility index (Phi) is 3.40. The molecule has 0 bridgehead atoms. The van der Waals surface area contributed by atoms with Crippen LogP contribution < -0.4 is 10.5 Å². The van der Waals surface area contributed by atoms with Gasteiger partial charge in [0.1, 0.15) is 0 Å². The molecule has 0 heterocycles. The van der Waals surface area contributed by atoms with Gasteiger partial charge in [-0.2, -0.15) is 0 Å². The average molecular weight is 290 g/mol. The lowest BCUT2D eigenvalue weighted by Gasteiger charge is -2.50. The van der Waals surface area contributed by atoms with Gasteiger partial charge in [0.15, 0.2) is 11.6 Å². The van der Waals surface area contributed by atoms with E-state index in [1.807, 2.05) is 13.8 Å². The third kappa shape index (κ3) is 2.50. The number of halogens is 2. The average Bonchev–Trinajstić information content (AvgIpc) is 2.32. The number of hydrogen-bond donors (Lipinski definition) is 2. The van der Waals surface area contributed by atoms with Gasteiger partial charge in [-0.15, -0.1) is 0 Å². The zero-order valence-corrected chi connectivity index (χ0v) is 11.5. The third-order valence-corrected chi connectivity index (χ3v) is 5.31. The molecular weight excluding hydrogens is 274 g/mol. The van der Waals surface area contributed by atoms with Crippen LogP contribution in [0.3, 0.4) is 0 Å². The Labute approximate surface area is 111 Å². The Morgan fingerprint density at radius 2 is 1.95 bits per heavy atom. The molecule has 1 aliphatic carbocycles. The summed E-state index contributed by atoms with van der Waals surface area (Å²) in [5.41, 5.74) is 5.45. The van der Waals surface area contributed by atoms with Crippen molar-refractivity contribution in [3.8, 4) is 0 Å². The second kappa shape index (κ2) is 4.50. The number of benzene rings is 1. The van der Waals surface area contributed by atoms with E-state index in [4.69, 9.17) is 5.73 Å². The van der Waals surface area contributed by atoms with Crippen LogP contribution in [0.1, 0.15) is 20.3 Å². The van der Waals surface area contributed by atoms with Crippen molar-refractivity contribution >= 4 is 10.0 Å². The minimum atomic E-state index is -3.87. The number of hydrogen-bond acceptors (Lipinski definition) is 3. The summed E-state index contributed by atoms with van der Waals surface area (Å²) in [4.78, 5) is -0.289. The maximum atomic E-state index is 13.1. The molecule has 1 aromatic rings. The van der Waals surface area contributed by atoms with Crippen LogP contribution in [0, 0.1) is 17.0 Å². The molecule has 1 aromatic carbocycles. The lowest BCUT2D eigenvalue weighted by molar-refractivity contribution is 0.0903. The molecule has 0 spiro atoms. The SMILES string of the molecule is CC1(C)C(N)CC1NS(=O)(=O)c1ccc(F)c(F)c1. The van der Waals surface area contributed by atoms with E-state index in [1.165, 1.54) is 0 Å². The van der Waals surface area contributed by atoms with Gasteiger partial charge in [0.25, 0.3) is 0 Å². The van der Waals surface area contributed by atoms with Crippen LogP contribution in [0.4, 0.5) is 8.78 Å². The molecule has 2 unspecified atom stereocenters. The minimum Gasteiger partial charge on any atom is -0.327 e. The Morgan fingerprint density at radius 3 is 2.42 bits per heavy atom. The molecule has 0 radical (unpaired) electrons. The van der Waals surface area contributed by atoms with Crippen molar-refractivity contribution in [2.45, 2.75) is 37.2 Å². The summed E-state index contributed by atoms with van der Waals surface area (Å²) in [6.45, 7) is 3.72. The number of rotatable bonds is 3. The van der Waals surface area contributed by atoms with Crippen LogP contribution in [0.25, 0.3) is 0 Å². The van der Waals surface area contributed by atoms with Gasteiger partial charge in [-0.05, 0) is 30.0 Å². The van der Waals surface area contributed by atoms with Gasteiger partial charge in [0.05, 0.1) is 4.90 Å². The van der Waals surface area contributed by atoms with Crippen LogP contribution in [-0.2, 0) is 10.0 Å². The maximum absolute atomic E-state index is 13.1. The van der Waals surface area contributed by atoms with Crippen molar-refractivity contribution in [1.82, 2.24) is 4.72 Å². The lowest BCUT2D eigenvalue weighted by atomic mass is 9.64. The summed E-state index contributed by atoms with van der Waals surface area (Å²) in [6, 6.07) is 2.11. The fourth-order valence-corrected chi connectivity index (χ4v) is 3.48. The van der Waals surface area contributed by atoms with Crippen molar-refractivity contribution in [3.63, 3.8) is 0 Å². The van der Waals surface area contributed by atoms with Gasteiger partial charge in [-0.25, -0.2) is 21.9 Å². The van der Waals surface area contributed by atoms with E-state index in [9.17, 15) is 17.2 Å². The minimum absolute atomic E-state index is 0.0786. The van der Waals surface area contributed by atoms with E-state index >= 15 is 0 Å². The monoisotopic (exact) mass is 290 g/mol. The van der Waals surface area contributed by atoms with Gasteiger partial charge in [0, 0.05) is 12.1 Å². The molecule has 1 fully saturated rings. The number of nitrogens with two attached hydrogens (primary N) is 1. The first-order valence-corrected chi connectivity index (χ1v) is 7.36. The highest BCUT2D eigenvalue weighted by atomic mass is 32.2. The smallest absolute Gasteiger partial charge is 0.240 e. The summed E-state index contributed by atoms with van der Waals surface area (Å²) in [5, 5.41) is 0. The van der Waals surface area contributed by atoms with Gasteiger partial charge < -0.3 is 5.73 Å². The number of sulfonamides is 1. The Bertz CT molecular complexity index is 602. The first-order chi connectivity index (χ1) is 8.64. The van der Waals surface area contributed by atoms with Crippen molar-refractivity contribution in [2.24, 2.45) is 11.1 Å². The Balaban J connectivity index is 2.22. The summed E-state index contributed by atoms with van der Waals surface area (Å²) < 4.78 is 52.4. The van der Waals surface area contributed by atoms with Crippen molar-refractivity contribution in [2.75, 3.05) is 0 Å². The molecule has 0 saturated heterocycles. The highest BCUT2D eigenvalue weighted by molar-refractivity contribution is 7.89. The van der Waals surface area contributed by atoms with Gasteiger partial charge in [-0.3, -0.25) is 0 Å². The molecule has 0 aliphatic heterocycles. The summed E-state index contributed by atoms with van der Waals surface area (Å²) in [7, 11) is -3.87. The third-order valence-electron chi connectivity index (χ3n) is 3.84.